The standard InChI is InChI=1S/C18H24N4O2/c1-20-10-5-7-15(20)16-6-3-4-11-22(16)18(24)9-8-17(23)14-12-19-21(2)13-14/h5,7,10,12-13,16H,3-4,6,8-9,11H2,1-2H3. The number of rotatable bonds is 5. The fourth-order valence-electron chi connectivity index (χ4n) is 3.43. The maximum Gasteiger partial charge on any atom is 0.223 e. The number of Topliss-reactive ketones (excluding diaryl/α,β-unsaturated/α-hetero) is 1. The molecular formula is C18H24N4O2. The molecule has 0 bridgehead atoms. The van der Waals surface area contributed by atoms with E-state index in [2.05, 4.69) is 15.7 Å². The lowest BCUT2D eigenvalue weighted by atomic mass is 9.98. The minimum atomic E-state index is -0.0242. The Labute approximate surface area is 142 Å². The van der Waals surface area contributed by atoms with Crippen molar-refractivity contribution in [3.63, 3.8) is 0 Å². The van der Waals surface area contributed by atoms with E-state index in [0.717, 1.165) is 25.8 Å². The van der Waals surface area contributed by atoms with Crippen molar-refractivity contribution in [1.29, 1.82) is 0 Å². The zero-order valence-corrected chi connectivity index (χ0v) is 14.3. The molecule has 0 aromatic carbocycles. The minimum Gasteiger partial charge on any atom is -0.353 e. The Balaban J connectivity index is 1.64. The van der Waals surface area contributed by atoms with Crippen LogP contribution < -0.4 is 0 Å². The maximum atomic E-state index is 12.7. The second kappa shape index (κ2) is 7.03. The summed E-state index contributed by atoms with van der Waals surface area (Å²) >= 11 is 0. The first-order valence-electron chi connectivity index (χ1n) is 8.49. The molecule has 0 aliphatic carbocycles. The van der Waals surface area contributed by atoms with Gasteiger partial charge in [0.2, 0.25) is 5.91 Å². The Morgan fingerprint density at radius 1 is 1.25 bits per heavy atom. The zero-order valence-electron chi connectivity index (χ0n) is 14.3. The molecular weight excluding hydrogens is 304 g/mol. The fourth-order valence-corrected chi connectivity index (χ4v) is 3.43. The van der Waals surface area contributed by atoms with Gasteiger partial charge in [-0.25, -0.2) is 0 Å². The third-order valence-corrected chi connectivity index (χ3v) is 4.74. The second-order valence-electron chi connectivity index (χ2n) is 6.47. The molecule has 128 valence electrons. The lowest BCUT2D eigenvalue weighted by Gasteiger charge is -2.36. The molecule has 2 aromatic rings. The minimum absolute atomic E-state index is 0.0242. The van der Waals surface area contributed by atoms with E-state index in [4.69, 9.17) is 0 Å². The molecule has 1 aliphatic heterocycles. The van der Waals surface area contributed by atoms with Crippen LogP contribution in [0.3, 0.4) is 0 Å². The summed E-state index contributed by atoms with van der Waals surface area (Å²) < 4.78 is 3.68. The van der Waals surface area contributed by atoms with Crippen molar-refractivity contribution in [3.8, 4) is 0 Å². The van der Waals surface area contributed by atoms with Crippen LogP contribution >= 0.6 is 0 Å². The van der Waals surface area contributed by atoms with Gasteiger partial charge < -0.3 is 9.47 Å². The largest absolute Gasteiger partial charge is 0.353 e. The number of likely N-dealkylation sites (tertiary alicyclic amines) is 1. The first kappa shape index (κ1) is 16.5. The predicted molar refractivity (Wildman–Crippen MR) is 90.5 cm³/mol. The first-order valence-corrected chi connectivity index (χ1v) is 8.49. The Kier molecular flexibility index (Phi) is 4.83. The van der Waals surface area contributed by atoms with Crippen LogP contribution in [-0.4, -0.2) is 37.5 Å². The highest BCUT2D eigenvalue weighted by Crippen LogP contribution is 2.31. The Bertz CT molecular complexity index is 731. The van der Waals surface area contributed by atoms with Crippen LogP contribution in [0.2, 0.25) is 0 Å². The molecule has 6 nitrogen and oxygen atoms in total. The van der Waals surface area contributed by atoms with Gasteiger partial charge >= 0.3 is 0 Å². The molecule has 3 rings (SSSR count). The molecule has 1 amide bonds. The van der Waals surface area contributed by atoms with Crippen molar-refractivity contribution >= 4 is 11.7 Å². The third kappa shape index (κ3) is 3.42. The number of piperidine rings is 1. The van der Waals surface area contributed by atoms with Crippen LogP contribution in [-0.2, 0) is 18.9 Å². The van der Waals surface area contributed by atoms with Crippen molar-refractivity contribution in [2.75, 3.05) is 6.54 Å². The molecule has 24 heavy (non-hydrogen) atoms. The van der Waals surface area contributed by atoms with Crippen LogP contribution in [0.4, 0.5) is 0 Å². The number of carbonyl (C=O) groups is 2. The number of aryl methyl sites for hydroxylation is 2. The quantitative estimate of drug-likeness (QED) is 0.792. The SMILES string of the molecule is Cn1cc(C(=O)CCC(=O)N2CCCCC2c2cccn2C)cn1. The van der Waals surface area contributed by atoms with Crippen LogP contribution in [0.5, 0.6) is 0 Å². The summed E-state index contributed by atoms with van der Waals surface area (Å²) in [7, 11) is 3.79. The molecule has 3 heterocycles. The summed E-state index contributed by atoms with van der Waals surface area (Å²) in [5, 5.41) is 4.01. The highest BCUT2D eigenvalue weighted by Gasteiger charge is 2.29. The maximum absolute atomic E-state index is 12.7. The molecule has 1 saturated heterocycles. The number of hydrogen-bond donors (Lipinski definition) is 0. The molecule has 1 atom stereocenters. The van der Waals surface area contributed by atoms with Crippen LogP contribution in [0.25, 0.3) is 0 Å². The van der Waals surface area contributed by atoms with Crippen molar-refractivity contribution in [2.24, 2.45) is 14.1 Å². The van der Waals surface area contributed by atoms with E-state index in [9.17, 15) is 9.59 Å². The lowest BCUT2D eigenvalue weighted by molar-refractivity contribution is -0.135. The zero-order chi connectivity index (χ0) is 17.1. The summed E-state index contributed by atoms with van der Waals surface area (Å²) in [4.78, 5) is 26.8. The molecule has 0 radical (unpaired) electrons. The van der Waals surface area contributed by atoms with Gasteiger partial charge in [0.25, 0.3) is 0 Å². The first-order chi connectivity index (χ1) is 11.6. The van der Waals surface area contributed by atoms with Gasteiger partial charge in [-0.3, -0.25) is 14.3 Å². The van der Waals surface area contributed by atoms with E-state index in [1.807, 2.05) is 24.2 Å². The summed E-state index contributed by atoms with van der Waals surface area (Å²) in [6.07, 6.45) is 8.91. The van der Waals surface area contributed by atoms with Gasteiger partial charge in [0.05, 0.1) is 17.8 Å². The molecule has 0 spiro atoms. The van der Waals surface area contributed by atoms with Crippen molar-refractivity contribution in [1.82, 2.24) is 19.2 Å². The molecule has 0 N–H and O–H groups in total. The number of aromatic nitrogens is 3. The number of hydrogen-bond acceptors (Lipinski definition) is 3. The molecule has 0 saturated carbocycles. The Hall–Kier alpha value is -2.37. The molecule has 2 aromatic heterocycles. The van der Waals surface area contributed by atoms with Gasteiger partial charge in [0.1, 0.15) is 0 Å². The Morgan fingerprint density at radius 3 is 2.75 bits per heavy atom. The van der Waals surface area contributed by atoms with Gasteiger partial charge in [0, 0.05) is 51.6 Å². The lowest BCUT2D eigenvalue weighted by Crippen LogP contribution is -2.39. The number of amides is 1. The van der Waals surface area contributed by atoms with Crippen LogP contribution in [0.1, 0.15) is 54.2 Å². The fraction of sp³-hybridized carbons (Fsp3) is 0.500. The van der Waals surface area contributed by atoms with Gasteiger partial charge in [-0.05, 0) is 31.4 Å². The van der Waals surface area contributed by atoms with E-state index in [-0.39, 0.29) is 30.6 Å². The van der Waals surface area contributed by atoms with E-state index in [1.165, 1.54) is 5.69 Å². The second-order valence-corrected chi connectivity index (χ2v) is 6.47. The average molecular weight is 328 g/mol. The van der Waals surface area contributed by atoms with Crippen LogP contribution in [0, 0.1) is 0 Å². The third-order valence-electron chi connectivity index (χ3n) is 4.74. The Morgan fingerprint density at radius 2 is 2.08 bits per heavy atom. The summed E-state index contributed by atoms with van der Waals surface area (Å²) in [6.45, 7) is 0.774. The number of ketones is 1. The molecule has 1 fully saturated rings. The monoisotopic (exact) mass is 328 g/mol. The van der Waals surface area contributed by atoms with Gasteiger partial charge in [0.15, 0.2) is 5.78 Å². The van der Waals surface area contributed by atoms with Crippen molar-refractivity contribution in [2.45, 2.75) is 38.1 Å². The molecule has 1 unspecified atom stereocenters. The predicted octanol–water partition coefficient (Wildman–Crippen LogP) is 2.48. The molecule has 6 heteroatoms. The normalized spacial score (nSPS) is 17.9. The average Bonchev–Trinajstić information content (AvgIpc) is 3.20. The van der Waals surface area contributed by atoms with Crippen molar-refractivity contribution < 1.29 is 9.59 Å². The van der Waals surface area contributed by atoms with Gasteiger partial charge in [-0.15, -0.1) is 0 Å². The topological polar surface area (TPSA) is 60.1 Å². The summed E-state index contributed by atoms with van der Waals surface area (Å²) in [6, 6.07) is 4.22. The van der Waals surface area contributed by atoms with E-state index in [0.29, 0.717) is 5.56 Å². The van der Waals surface area contributed by atoms with Gasteiger partial charge in [-0.2, -0.15) is 5.10 Å². The smallest absolute Gasteiger partial charge is 0.223 e. The summed E-state index contributed by atoms with van der Waals surface area (Å²) in [5.74, 6) is 0.0435. The van der Waals surface area contributed by atoms with Crippen molar-refractivity contribution in [3.05, 3.63) is 42.0 Å². The highest BCUT2D eigenvalue weighted by molar-refractivity contribution is 5.97. The van der Waals surface area contributed by atoms with E-state index >= 15 is 0 Å². The van der Waals surface area contributed by atoms with E-state index in [1.54, 1.807) is 24.1 Å². The number of nitrogens with zero attached hydrogens (tertiary/aromatic N) is 4. The number of carbonyl (C=O) groups excluding carboxylic acids is 2. The van der Waals surface area contributed by atoms with Gasteiger partial charge in [-0.1, -0.05) is 0 Å². The summed E-state index contributed by atoms with van der Waals surface area (Å²) in [5.41, 5.74) is 1.74. The highest BCUT2D eigenvalue weighted by atomic mass is 16.2. The van der Waals surface area contributed by atoms with Crippen LogP contribution in [0.15, 0.2) is 30.7 Å². The molecule has 1 aliphatic rings. The van der Waals surface area contributed by atoms with E-state index < -0.39 is 0 Å².